The molecule has 2 rings (SSSR count). The average Bonchev–Trinajstić information content (AvgIpc) is 2.48. The molecule has 0 saturated heterocycles. The van der Waals surface area contributed by atoms with Crippen molar-refractivity contribution >= 4 is 5.91 Å². The van der Waals surface area contributed by atoms with Crippen molar-refractivity contribution in [2.75, 3.05) is 13.6 Å². The minimum absolute atomic E-state index is 0.0104. The number of amides is 1. The maximum absolute atomic E-state index is 11.2. The molecule has 0 aromatic carbocycles. The molecule has 0 bridgehead atoms. The van der Waals surface area contributed by atoms with E-state index in [1.54, 1.807) is 7.05 Å². The van der Waals surface area contributed by atoms with Gasteiger partial charge in [0, 0.05) is 20.1 Å². The van der Waals surface area contributed by atoms with Gasteiger partial charge in [-0.2, -0.15) is 5.10 Å². The van der Waals surface area contributed by atoms with Gasteiger partial charge in [-0.1, -0.05) is 0 Å². The number of hydrogen-bond donors (Lipinski definition) is 2. The highest BCUT2D eigenvalue weighted by Crippen LogP contribution is 2.08. The number of aryl methyl sites for hydroxylation is 1. The molecular weight excluding hydrogens is 192 g/mol. The van der Waals surface area contributed by atoms with Crippen LogP contribution in [0.3, 0.4) is 0 Å². The predicted molar refractivity (Wildman–Crippen MR) is 56.3 cm³/mol. The first-order chi connectivity index (χ1) is 7.29. The van der Waals surface area contributed by atoms with Crippen molar-refractivity contribution < 1.29 is 4.79 Å². The summed E-state index contributed by atoms with van der Waals surface area (Å²) in [6.07, 6.45) is 1.46. The summed E-state index contributed by atoms with van der Waals surface area (Å²) >= 11 is 0. The molecule has 1 amide bonds. The number of nitrogens with zero attached hydrogens (tertiary/aromatic N) is 2. The van der Waals surface area contributed by atoms with Gasteiger partial charge in [0.25, 0.3) is 0 Å². The molecule has 1 aromatic rings. The van der Waals surface area contributed by atoms with Crippen LogP contribution in [0, 0.1) is 0 Å². The van der Waals surface area contributed by atoms with Crippen molar-refractivity contribution in [3.63, 3.8) is 0 Å². The molecule has 5 heteroatoms. The summed E-state index contributed by atoms with van der Waals surface area (Å²) in [6.45, 7) is 2.82. The third kappa shape index (κ3) is 2.36. The lowest BCUT2D eigenvalue weighted by Gasteiger charge is -1.99. The Morgan fingerprint density at radius 1 is 1.73 bits per heavy atom. The number of hydrogen-bond acceptors (Lipinski definition) is 3. The fourth-order valence-electron chi connectivity index (χ4n) is 1.76. The molecule has 1 aliphatic rings. The molecule has 0 aliphatic carbocycles. The number of rotatable bonds is 2. The number of carbonyl (C=O) groups excluding carboxylic acids is 1. The van der Waals surface area contributed by atoms with Crippen LogP contribution in [-0.2, 0) is 24.3 Å². The maximum Gasteiger partial charge on any atom is 0.225 e. The van der Waals surface area contributed by atoms with Gasteiger partial charge in [0.15, 0.2) is 0 Å². The van der Waals surface area contributed by atoms with Crippen LogP contribution in [0.25, 0.3) is 0 Å². The summed E-state index contributed by atoms with van der Waals surface area (Å²) in [5.41, 5.74) is 2.03. The average molecular weight is 208 g/mol. The van der Waals surface area contributed by atoms with Crippen molar-refractivity contribution in [2.45, 2.75) is 25.9 Å². The van der Waals surface area contributed by atoms with Crippen LogP contribution in [0.5, 0.6) is 0 Å². The minimum Gasteiger partial charge on any atom is -0.359 e. The Hall–Kier alpha value is -1.36. The lowest BCUT2D eigenvalue weighted by Crippen LogP contribution is -2.20. The fraction of sp³-hybridized carbons (Fsp3) is 0.600. The first kappa shape index (κ1) is 10.2. The molecule has 0 spiro atoms. The topological polar surface area (TPSA) is 59.0 Å². The normalized spacial score (nSPS) is 15.5. The molecule has 2 N–H and O–H groups in total. The molecule has 0 atom stereocenters. The first-order valence-electron chi connectivity index (χ1n) is 5.26. The molecule has 0 radical (unpaired) electrons. The van der Waals surface area contributed by atoms with Gasteiger partial charge in [-0.3, -0.25) is 9.48 Å². The number of aromatic nitrogens is 2. The van der Waals surface area contributed by atoms with Gasteiger partial charge in [0.2, 0.25) is 5.91 Å². The molecule has 0 saturated carbocycles. The first-order valence-corrected chi connectivity index (χ1v) is 5.26. The van der Waals surface area contributed by atoms with E-state index < -0.39 is 0 Å². The molecule has 1 aliphatic heterocycles. The van der Waals surface area contributed by atoms with Crippen LogP contribution < -0.4 is 10.6 Å². The monoisotopic (exact) mass is 208 g/mol. The van der Waals surface area contributed by atoms with E-state index in [1.807, 2.05) is 10.7 Å². The SMILES string of the molecule is CNC(=O)Cc1cc2n(n1)CCCNC2. The van der Waals surface area contributed by atoms with E-state index in [0.29, 0.717) is 6.42 Å². The van der Waals surface area contributed by atoms with E-state index in [2.05, 4.69) is 15.7 Å². The van der Waals surface area contributed by atoms with Crippen molar-refractivity contribution in [1.29, 1.82) is 0 Å². The summed E-state index contributed by atoms with van der Waals surface area (Å²) in [6, 6.07) is 2.01. The lowest BCUT2D eigenvalue weighted by atomic mass is 10.2. The summed E-state index contributed by atoms with van der Waals surface area (Å²) in [4.78, 5) is 11.2. The summed E-state index contributed by atoms with van der Waals surface area (Å²) in [5, 5.41) is 10.3. The van der Waals surface area contributed by atoms with Gasteiger partial charge in [-0.05, 0) is 19.0 Å². The largest absolute Gasteiger partial charge is 0.359 e. The highest BCUT2D eigenvalue weighted by atomic mass is 16.1. The van der Waals surface area contributed by atoms with Crippen molar-refractivity contribution in [3.8, 4) is 0 Å². The predicted octanol–water partition coefficient (Wildman–Crippen LogP) is -0.335. The van der Waals surface area contributed by atoms with Gasteiger partial charge in [0.1, 0.15) is 0 Å². The van der Waals surface area contributed by atoms with Gasteiger partial charge in [-0.25, -0.2) is 0 Å². The lowest BCUT2D eigenvalue weighted by molar-refractivity contribution is -0.120. The molecule has 2 heterocycles. The quantitative estimate of drug-likeness (QED) is 0.699. The Bertz CT molecular complexity index is 335. The van der Waals surface area contributed by atoms with Crippen LogP contribution in [-0.4, -0.2) is 29.3 Å². The number of nitrogens with one attached hydrogen (secondary N) is 2. The third-order valence-corrected chi connectivity index (χ3v) is 2.56. The molecule has 0 unspecified atom stereocenters. The zero-order chi connectivity index (χ0) is 10.7. The van der Waals surface area contributed by atoms with Crippen molar-refractivity contribution in [1.82, 2.24) is 20.4 Å². The Labute approximate surface area is 88.8 Å². The standard InChI is InChI=1S/C10H16N4O/c1-11-10(15)6-8-5-9-7-12-3-2-4-14(9)13-8/h5,12H,2-4,6-7H2,1H3,(H,11,15). The van der Waals surface area contributed by atoms with Crippen LogP contribution in [0.2, 0.25) is 0 Å². The summed E-state index contributed by atoms with van der Waals surface area (Å²) < 4.78 is 2.00. The Balaban J connectivity index is 2.11. The highest BCUT2D eigenvalue weighted by molar-refractivity contribution is 5.77. The second-order valence-electron chi connectivity index (χ2n) is 3.73. The van der Waals surface area contributed by atoms with Gasteiger partial charge in [0.05, 0.1) is 17.8 Å². The maximum atomic E-state index is 11.2. The zero-order valence-electron chi connectivity index (χ0n) is 8.92. The van der Waals surface area contributed by atoms with E-state index in [9.17, 15) is 4.79 Å². The number of fused-ring (bicyclic) bond motifs is 1. The Morgan fingerprint density at radius 2 is 2.60 bits per heavy atom. The molecule has 1 aromatic heterocycles. The fourth-order valence-corrected chi connectivity index (χ4v) is 1.76. The van der Waals surface area contributed by atoms with Crippen molar-refractivity contribution in [2.24, 2.45) is 0 Å². The van der Waals surface area contributed by atoms with Gasteiger partial charge < -0.3 is 10.6 Å². The number of carbonyl (C=O) groups is 1. The Kier molecular flexibility index (Phi) is 3.01. The smallest absolute Gasteiger partial charge is 0.225 e. The molecule has 15 heavy (non-hydrogen) atoms. The third-order valence-electron chi connectivity index (χ3n) is 2.56. The summed E-state index contributed by atoms with van der Waals surface area (Å²) in [7, 11) is 1.64. The molecule has 82 valence electrons. The molecule has 0 fully saturated rings. The van der Waals surface area contributed by atoms with Gasteiger partial charge in [-0.15, -0.1) is 0 Å². The van der Waals surface area contributed by atoms with E-state index >= 15 is 0 Å². The van der Waals surface area contributed by atoms with Crippen LogP contribution in [0.4, 0.5) is 0 Å². The summed E-state index contributed by atoms with van der Waals surface area (Å²) in [5.74, 6) is 0.0104. The second kappa shape index (κ2) is 4.44. The van der Waals surface area contributed by atoms with Crippen LogP contribution in [0.15, 0.2) is 6.07 Å². The van der Waals surface area contributed by atoms with E-state index in [0.717, 1.165) is 31.7 Å². The van der Waals surface area contributed by atoms with E-state index in [-0.39, 0.29) is 5.91 Å². The second-order valence-corrected chi connectivity index (χ2v) is 3.73. The van der Waals surface area contributed by atoms with Gasteiger partial charge >= 0.3 is 0 Å². The van der Waals surface area contributed by atoms with Crippen LogP contribution >= 0.6 is 0 Å². The van der Waals surface area contributed by atoms with E-state index in [4.69, 9.17) is 0 Å². The highest BCUT2D eigenvalue weighted by Gasteiger charge is 2.12. The molecule has 5 nitrogen and oxygen atoms in total. The van der Waals surface area contributed by atoms with Crippen LogP contribution in [0.1, 0.15) is 17.8 Å². The van der Waals surface area contributed by atoms with Crippen molar-refractivity contribution in [3.05, 3.63) is 17.5 Å². The number of likely N-dealkylation sites (N-methyl/N-ethyl adjacent to an activating group) is 1. The van der Waals surface area contributed by atoms with E-state index in [1.165, 1.54) is 5.69 Å². The molecular formula is C10H16N4O. The zero-order valence-corrected chi connectivity index (χ0v) is 8.92. The Morgan fingerprint density at radius 3 is 3.40 bits per heavy atom. The minimum atomic E-state index is 0.0104.